The maximum atomic E-state index is 12.5. The Balaban J connectivity index is 1.37. The summed E-state index contributed by atoms with van der Waals surface area (Å²) in [5.41, 5.74) is 2.18. The molecule has 2 fully saturated rings. The van der Waals surface area contributed by atoms with E-state index in [1.165, 1.54) is 5.56 Å². The van der Waals surface area contributed by atoms with E-state index in [1.807, 2.05) is 48.5 Å². The molecule has 2 aromatic carbocycles. The summed E-state index contributed by atoms with van der Waals surface area (Å²) in [5, 5.41) is 2.49. The van der Waals surface area contributed by atoms with Crippen molar-refractivity contribution in [1.82, 2.24) is 9.96 Å². The summed E-state index contributed by atoms with van der Waals surface area (Å²) in [6, 6.07) is 18.1. The maximum Gasteiger partial charge on any atom is 0.246 e. The molecule has 0 atom stereocenters. The molecular weight excluding hydrogens is 360 g/mol. The summed E-state index contributed by atoms with van der Waals surface area (Å²) in [6.45, 7) is 3.27. The largest absolute Gasteiger partial charge is 0.299 e. The van der Waals surface area contributed by atoms with Gasteiger partial charge in [-0.05, 0) is 42.5 Å². The fourth-order valence-corrected chi connectivity index (χ4v) is 4.42. The molecule has 0 radical (unpaired) electrons. The van der Waals surface area contributed by atoms with Crippen LogP contribution >= 0.6 is 11.6 Å². The average Bonchev–Trinajstić information content (AvgIpc) is 2.98. The van der Waals surface area contributed by atoms with Gasteiger partial charge in [0.05, 0.1) is 5.54 Å². The number of halogens is 1. The first-order valence-corrected chi connectivity index (χ1v) is 9.99. The number of piperidine rings is 1. The molecule has 2 aliphatic rings. The summed E-state index contributed by atoms with van der Waals surface area (Å²) in [4.78, 5) is 20.9. The van der Waals surface area contributed by atoms with E-state index in [4.69, 9.17) is 16.4 Å². The molecule has 2 aliphatic heterocycles. The number of likely N-dealkylation sites (tertiary alicyclic amines) is 1. The average molecular weight is 385 g/mol. The molecule has 2 aromatic rings. The molecule has 0 N–H and O–H groups in total. The molecule has 4 rings (SSSR count). The summed E-state index contributed by atoms with van der Waals surface area (Å²) < 4.78 is 0. The van der Waals surface area contributed by atoms with Gasteiger partial charge in [0.1, 0.15) is 6.61 Å². The third-order valence-electron chi connectivity index (χ3n) is 5.75. The first-order chi connectivity index (χ1) is 13.1. The molecule has 2 saturated heterocycles. The topological polar surface area (TPSA) is 32.8 Å². The predicted octanol–water partition coefficient (Wildman–Crippen LogP) is 4.43. The van der Waals surface area contributed by atoms with Crippen LogP contribution in [0.1, 0.15) is 36.8 Å². The maximum absolute atomic E-state index is 12.5. The van der Waals surface area contributed by atoms with Gasteiger partial charge in [-0.3, -0.25) is 14.5 Å². The van der Waals surface area contributed by atoms with Gasteiger partial charge in [-0.25, -0.2) is 5.06 Å². The lowest BCUT2D eigenvalue weighted by Gasteiger charge is -2.43. The summed E-state index contributed by atoms with van der Waals surface area (Å²) in [7, 11) is 0. The normalized spacial score (nSPS) is 19.7. The number of carbonyl (C=O) groups is 1. The van der Waals surface area contributed by atoms with E-state index in [0.29, 0.717) is 13.0 Å². The van der Waals surface area contributed by atoms with E-state index < -0.39 is 0 Å². The van der Waals surface area contributed by atoms with E-state index >= 15 is 0 Å². The highest BCUT2D eigenvalue weighted by molar-refractivity contribution is 6.30. The van der Waals surface area contributed by atoms with Crippen LogP contribution in [0.5, 0.6) is 0 Å². The predicted molar refractivity (Wildman–Crippen MR) is 106 cm³/mol. The Hall–Kier alpha value is -1.88. The van der Waals surface area contributed by atoms with Gasteiger partial charge in [0.2, 0.25) is 5.91 Å². The Bertz CT molecular complexity index is 788. The SMILES string of the molecule is O=C1CCC2(CCN(Cc3cccc(Cl)c3)CC2)N1OCc1ccccc1. The number of hydrogen-bond acceptors (Lipinski definition) is 3. The molecule has 142 valence electrons. The third-order valence-corrected chi connectivity index (χ3v) is 5.98. The highest BCUT2D eigenvalue weighted by Crippen LogP contribution is 2.40. The van der Waals surface area contributed by atoms with E-state index in [2.05, 4.69) is 11.0 Å². The molecule has 0 bridgehead atoms. The Morgan fingerprint density at radius 1 is 0.963 bits per heavy atom. The van der Waals surface area contributed by atoms with Crippen LogP contribution in [0.3, 0.4) is 0 Å². The van der Waals surface area contributed by atoms with Crippen molar-refractivity contribution in [2.75, 3.05) is 13.1 Å². The number of hydrogen-bond donors (Lipinski definition) is 0. The smallest absolute Gasteiger partial charge is 0.246 e. The lowest BCUT2D eigenvalue weighted by molar-refractivity contribution is -0.222. The van der Waals surface area contributed by atoms with Crippen molar-refractivity contribution < 1.29 is 9.63 Å². The minimum atomic E-state index is -0.142. The van der Waals surface area contributed by atoms with Gasteiger partial charge in [-0.15, -0.1) is 0 Å². The van der Waals surface area contributed by atoms with Crippen molar-refractivity contribution >= 4 is 17.5 Å². The second-order valence-corrected chi connectivity index (χ2v) is 8.01. The van der Waals surface area contributed by atoms with Crippen LogP contribution in [0.25, 0.3) is 0 Å². The van der Waals surface area contributed by atoms with Crippen molar-refractivity contribution in [3.05, 3.63) is 70.7 Å². The fourth-order valence-electron chi connectivity index (χ4n) is 4.20. The molecule has 0 aliphatic carbocycles. The van der Waals surface area contributed by atoms with Crippen LogP contribution in [0.4, 0.5) is 0 Å². The van der Waals surface area contributed by atoms with Crippen LogP contribution in [0.15, 0.2) is 54.6 Å². The van der Waals surface area contributed by atoms with Crippen LogP contribution in [-0.2, 0) is 22.8 Å². The minimum Gasteiger partial charge on any atom is -0.299 e. The Kier molecular flexibility index (Phi) is 5.48. The molecule has 4 nitrogen and oxygen atoms in total. The zero-order chi connectivity index (χ0) is 18.7. The van der Waals surface area contributed by atoms with E-state index in [1.54, 1.807) is 5.06 Å². The standard InChI is InChI=1S/C22H25ClN2O2/c23-20-8-4-7-19(15-20)16-24-13-11-22(12-14-24)10-9-21(26)25(22)27-17-18-5-2-1-3-6-18/h1-8,15H,9-14,16-17H2. The number of nitrogens with zero attached hydrogens (tertiary/aromatic N) is 2. The molecule has 27 heavy (non-hydrogen) atoms. The second-order valence-electron chi connectivity index (χ2n) is 7.58. The van der Waals surface area contributed by atoms with Crippen molar-refractivity contribution in [3.63, 3.8) is 0 Å². The van der Waals surface area contributed by atoms with Crippen LogP contribution < -0.4 is 0 Å². The third kappa shape index (κ3) is 4.18. The van der Waals surface area contributed by atoms with Crippen LogP contribution in [0.2, 0.25) is 5.02 Å². The van der Waals surface area contributed by atoms with E-state index in [9.17, 15) is 4.79 Å². The van der Waals surface area contributed by atoms with Gasteiger partial charge < -0.3 is 0 Å². The monoisotopic (exact) mass is 384 g/mol. The summed E-state index contributed by atoms with van der Waals surface area (Å²) >= 11 is 6.10. The number of rotatable bonds is 5. The molecular formula is C22H25ClN2O2. The first-order valence-electron chi connectivity index (χ1n) is 9.61. The highest BCUT2D eigenvalue weighted by Gasteiger charge is 2.48. The number of carbonyl (C=O) groups excluding carboxylic acids is 1. The van der Waals surface area contributed by atoms with Crippen molar-refractivity contribution in [2.45, 2.75) is 44.4 Å². The van der Waals surface area contributed by atoms with Crippen LogP contribution in [0, 0.1) is 0 Å². The fraction of sp³-hybridized carbons (Fsp3) is 0.409. The van der Waals surface area contributed by atoms with Gasteiger partial charge in [0.25, 0.3) is 0 Å². The zero-order valence-corrected chi connectivity index (χ0v) is 16.2. The molecule has 2 heterocycles. The quantitative estimate of drug-likeness (QED) is 0.764. The molecule has 1 amide bonds. The van der Waals surface area contributed by atoms with Crippen LogP contribution in [-0.4, -0.2) is 34.5 Å². The molecule has 5 heteroatoms. The number of amides is 1. The van der Waals surface area contributed by atoms with Gasteiger partial charge in [-0.1, -0.05) is 54.1 Å². The number of benzene rings is 2. The van der Waals surface area contributed by atoms with Crippen molar-refractivity contribution in [3.8, 4) is 0 Å². The molecule has 0 unspecified atom stereocenters. The summed E-state index contributed by atoms with van der Waals surface area (Å²) in [6.07, 6.45) is 3.39. The van der Waals surface area contributed by atoms with Crippen molar-refractivity contribution in [2.24, 2.45) is 0 Å². The van der Waals surface area contributed by atoms with E-state index in [0.717, 1.165) is 49.5 Å². The minimum absolute atomic E-state index is 0.120. The van der Waals surface area contributed by atoms with Gasteiger partial charge in [0.15, 0.2) is 0 Å². The lowest BCUT2D eigenvalue weighted by Crippen LogP contribution is -2.52. The Labute approximate surface area is 165 Å². The van der Waals surface area contributed by atoms with Gasteiger partial charge in [0, 0.05) is 31.1 Å². The number of hydroxylamine groups is 2. The zero-order valence-electron chi connectivity index (χ0n) is 15.4. The van der Waals surface area contributed by atoms with Crippen molar-refractivity contribution in [1.29, 1.82) is 0 Å². The summed E-state index contributed by atoms with van der Waals surface area (Å²) in [5.74, 6) is 0.120. The Morgan fingerprint density at radius 3 is 2.44 bits per heavy atom. The van der Waals surface area contributed by atoms with E-state index in [-0.39, 0.29) is 11.4 Å². The Morgan fingerprint density at radius 2 is 1.70 bits per heavy atom. The highest BCUT2D eigenvalue weighted by atomic mass is 35.5. The van der Waals surface area contributed by atoms with Gasteiger partial charge >= 0.3 is 0 Å². The molecule has 1 spiro atoms. The lowest BCUT2D eigenvalue weighted by atomic mass is 9.86. The molecule has 0 saturated carbocycles. The first kappa shape index (κ1) is 18.5. The second kappa shape index (κ2) is 8.01. The molecule has 0 aromatic heterocycles. The van der Waals surface area contributed by atoms with Gasteiger partial charge in [-0.2, -0.15) is 0 Å².